The fourth-order valence-corrected chi connectivity index (χ4v) is 2.95. The molecule has 3 aromatic rings. The van der Waals surface area contributed by atoms with Gasteiger partial charge in [-0.05, 0) is 29.3 Å². The summed E-state index contributed by atoms with van der Waals surface area (Å²) < 4.78 is 11.7. The van der Waals surface area contributed by atoms with Crippen LogP contribution in [-0.4, -0.2) is 13.2 Å². The first-order chi connectivity index (χ1) is 12.7. The van der Waals surface area contributed by atoms with Crippen LogP contribution in [-0.2, 0) is 6.61 Å². The third-order valence-electron chi connectivity index (χ3n) is 3.82. The second kappa shape index (κ2) is 8.95. The average molecular weight is 388 g/mol. The number of benzene rings is 3. The van der Waals surface area contributed by atoms with E-state index in [1.807, 2.05) is 60.7 Å². The molecule has 0 saturated carbocycles. The van der Waals surface area contributed by atoms with Gasteiger partial charge in [-0.2, -0.15) is 0 Å². The Morgan fingerprint density at radius 1 is 0.808 bits per heavy atom. The lowest BCUT2D eigenvalue weighted by Gasteiger charge is -2.15. The fourth-order valence-electron chi connectivity index (χ4n) is 2.54. The molecule has 0 fully saturated rings. The summed E-state index contributed by atoms with van der Waals surface area (Å²) in [6.45, 7) is 1.28. The van der Waals surface area contributed by atoms with Gasteiger partial charge in [-0.3, -0.25) is 0 Å². The van der Waals surface area contributed by atoms with E-state index in [1.165, 1.54) is 0 Å². The highest BCUT2D eigenvalue weighted by Crippen LogP contribution is 2.38. The van der Waals surface area contributed by atoms with E-state index >= 15 is 0 Å². The van der Waals surface area contributed by atoms with E-state index in [9.17, 15) is 0 Å². The molecular formula is C21H19Cl2NO2. The summed E-state index contributed by atoms with van der Waals surface area (Å²) in [6, 6.07) is 21.2. The summed E-state index contributed by atoms with van der Waals surface area (Å²) in [4.78, 5) is 0. The van der Waals surface area contributed by atoms with Gasteiger partial charge in [0.25, 0.3) is 0 Å². The van der Waals surface area contributed by atoms with E-state index < -0.39 is 0 Å². The zero-order valence-corrected chi connectivity index (χ0v) is 15.6. The summed E-state index contributed by atoms with van der Waals surface area (Å²) in [5.74, 6) is 1.28. The Balaban J connectivity index is 1.91. The molecule has 5 heteroatoms. The minimum atomic E-state index is 0.416. The molecule has 2 N–H and O–H groups in total. The van der Waals surface area contributed by atoms with Crippen molar-refractivity contribution in [3.63, 3.8) is 0 Å². The number of halogens is 2. The molecule has 0 amide bonds. The lowest BCUT2D eigenvalue weighted by atomic mass is 10.0. The van der Waals surface area contributed by atoms with Crippen LogP contribution >= 0.6 is 23.2 Å². The highest BCUT2D eigenvalue weighted by molar-refractivity contribution is 6.43. The van der Waals surface area contributed by atoms with Gasteiger partial charge in [0.1, 0.15) is 13.2 Å². The van der Waals surface area contributed by atoms with Gasteiger partial charge in [0.2, 0.25) is 0 Å². The normalized spacial score (nSPS) is 10.6. The molecule has 134 valence electrons. The molecule has 0 radical (unpaired) electrons. The molecule has 26 heavy (non-hydrogen) atoms. The Kier molecular flexibility index (Phi) is 6.40. The highest BCUT2D eigenvalue weighted by atomic mass is 35.5. The van der Waals surface area contributed by atoms with Crippen molar-refractivity contribution in [3.05, 3.63) is 82.3 Å². The Labute approximate surface area is 163 Å². The van der Waals surface area contributed by atoms with E-state index in [-0.39, 0.29) is 0 Å². The first kappa shape index (κ1) is 18.6. The molecule has 0 aliphatic carbocycles. The van der Waals surface area contributed by atoms with Crippen LogP contribution in [0.15, 0.2) is 66.7 Å². The molecule has 0 bridgehead atoms. The zero-order chi connectivity index (χ0) is 18.4. The summed E-state index contributed by atoms with van der Waals surface area (Å²) in [7, 11) is 0. The van der Waals surface area contributed by atoms with Crippen molar-refractivity contribution in [2.24, 2.45) is 5.73 Å². The van der Waals surface area contributed by atoms with Crippen molar-refractivity contribution >= 4 is 23.2 Å². The largest absolute Gasteiger partial charge is 0.488 e. The van der Waals surface area contributed by atoms with Crippen LogP contribution in [0.5, 0.6) is 11.5 Å². The number of rotatable bonds is 7. The second-order valence-electron chi connectivity index (χ2n) is 5.67. The van der Waals surface area contributed by atoms with Gasteiger partial charge in [0.15, 0.2) is 11.5 Å². The minimum Gasteiger partial charge on any atom is -0.488 e. The molecule has 0 heterocycles. The molecule has 3 rings (SSSR count). The molecule has 0 aliphatic heterocycles. The first-order valence-corrected chi connectivity index (χ1v) is 9.02. The summed E-state index contributed by atoms with van der Waals surface area (Å²) >= 11 is 12.5. The lowest BCUT2D eigenvalue weighted by Crippen LogP contribution is -2.11. The predicted octanol–water partition coefficient (Wildman–Crippen LogP) is 5.58. The maximum absolute atomic E-state index is 6.36. The predicted molar refractivity (Wildman–Crippen MR) is 107 cm³/mol. The highest BCUT2D eigenvalue weighted by Gasteiger charge is 2.12. The summed E-state index contributed by atoms with van der Waals surface area (Å²) in [6.07, 6.45) is 0. The van der Waals surface area contributed by atoms with Gasteiger partial charge in [-0.1, -0.05) is 71.7 Å². The number of nitrogens with two attached hydrogens (primary N) is 1. The quantitative estimate of drug-likeness (QED) is 0.575. The van der Waals surface area contributed by atoms with Gasteiger partial charge in [-0.15, -0.1) is 0 Å². The Hall–Kier alpha value is -2.20. The van der Waals surface area contributed by atoms with E-state index in [0.29, 0.717) is 41.3 Å². The van der Waals surface area contributed by atoms with E-state index in [4.69, 9.17) is 38.4 Å². The standard InChI is InChI=1S/C21H19Cl2NO2/c22-18-8-4-7-17(21(18)23)16-9-10-19(25-12-11-24)20(13-16)26-14-15-5-2-1-3-6-15/h1-10,13H,11-12,14,24H2. The van der Waals surface area contributed by atoms with E-state index in [2.05, 4.69) is 0 Å². The summed E-state index contributed by atoms with van der Waals surface area (Å²) in [5, 5.41) is 1.03. The van der Waals surface area contributed by atoms with Crippen molar-refractivity contribution in [3.8, 4) is 22.6 Å². The Morgan fingerprint density at radius 3 is 2.38 bits per heavy atom. The molecule has 3 nitrogen and oxygen atoms in total. The van der Waals surface area contributed by atoms with Crippen LogP contribution in [0.1, 0.15) is 5.56 Å². The number of ether oxygens (including phenoxy) is 2. The summed E-state index contributed by atoms with van der Waals surface area (Å²) in [5.41, 5.74) is 8.37. The molecule has 0 atom stereocenters. The topological polar surface area (TPSA) is 44.5 Å². The van der Waals surface area contributed by atoms with Gasteiger partial charge < -0.3 is 15.2 Å². The van der Waals surface area contributed by atoms with Crippen molar-refractivity contribution in [2.75, 3.05) is 13.2 Å². The van der Waals surface area contributed by atoms with Crippen LogP contribution in [0, 0.1) is 0 Å². The fraction of sp³-hybridized carbons (Fsp3) is 0.143. The molecule has 0 spiro atoms. The van der Waals surface area contributed by atoms with Gasteiger partial charge in [-0.25, -0.2) is 0 Å². The molecular weight excluding hydrogens is 369 g/mol. The first-order valence-electron chi connectivity index (χ1n) is 8.27. The van der Waals surface area contributed by atoms with Crippen LogP contribution in [0.4, 0.5) is 0 Å². The van der Waals surface area contributed by atoms with Gasteiger partial charge in [0, 0.05) is 12.1 Å². The average Bonchev–Trinajstić information content (AvgIpc) is 2.68. The molecule has 0 aromatic heterocycles. The molecule has 0 saturated heterocycles. The van der Waals surface area contributed by atoms with Crippen molar-refractivity contribution in [1.82, 2.24) is 0 Å². The molecule has 3 aromatic carbocycles. The maximum Gasteiger partial charge on any atom is 0.162 e. The van der Waals surface area contributed by atoms with Crippen molar-refractivity contribution in [1.29, 1.82) is 0 Å². The van der Waals surface area contributed by atoms with Crippen LogP contribution in [0.25, 0.3) is 11.1 Å². The Bertz CT molecular complexity index is 869. The molecule has 0 unspecified atom stereocenters. The van der Waals surface area contributed by atoms with Gasteiger partial charge >= 0.3 is 0 Å². The number of hydrogen-bond donors (Lipinski definition) is 1. The van der Waals surface area contributed by atoms with Crippen LogP contribution in [0.3, 0.4) is 0 Å². The smallest absolute Gasteiger partial charge is 0.162 e. The maximum atomic E-state index is 6.36. The van der Waals surface area contributed by atoms with Crippen molar-refractivity contribution < 1.29 is 9.47 Å². The van der Waals surface area contributed by atoms with E-state index in [0.717, 1.165) is 16.7 Å². The zero-order valence-electron chi connectivity index (χ0n) is 14.1. The monoisotopic (exact) mass is 387 g/mol. The van der Waals surface area contributed by atoms with Crippen molar-refractivity contribution in [2.45, 2.75) is 6.61 Å². The second-order valence-corrected chi connectivity index (χ2v) is 6.46. The SMILES string of the molecule is NCCOc1ccc(-c2cccc(Cl)c2Cl)cc1OCc1ccccc1. The molecule has 0 aliphatic rings. The van der Waals surface area contributed by atoms with Crippen LogP contribution < -0.4 is 15.2 Å². The minimum absolute atomic E-state index is 0.416. The third kappa shape index (κ3) is 4.50. The Morgan fingerprint density at radius 2 is 1.62 bits per heavy atom. The third-order valence-corrected chi connectivity index (χ3v) is 4.64. The van der Waals surface area contributed by atoms with E-state index in [1.54, 1.807) is 6.07 Å². The van der Waals surface area contributed by atoms with Crippen LogP contribution in [0.2, 0.25) is 10.0 Å². The number of hydrogen-bond acceptors (Lipinski definition) is 3. The lowest BCUT2D eigenvalue weighted by molar-refractivity contribution is 0.266. The van der Waals surface area contributed by atoms with Gasteiger partial charge in [0.05, 0.1) is 10.0 Å².